The first-order valence-corrected chi connectivity index (χ1v) is 5.38. The van der Waals surface area contributed by atoms with E-state index in [2.05, 4.69) is 12.2 Å². The van der Waals surface area contributed by atoms with Gasteiger partial charge in [0.25, 0.3) is 0 Å². The smallest absolute Gasteiger partial charge is 0.127 e. The van der Waals surface area contributed by atoms with E-state index in [-0.39, 0.29) is 18.5 Å². The van der Waals surface area contributed by atoms with Gasteiger partial charge in [-0.15, -0.1) is 0 Å². The van der Waals surface area contributed by atoms with Crippen LogP contribution in [-0.2, 0) is 0 Å². The second kappa shape index (κ2) is 6.53. The highest BCUT2D eigenvalue weighted by molar-refractivity contribution is 5.21. The van der Waals surface area contributed by atoms with Gasteiger partial charge in [-0.2, -0.15) is 0 Å². The summed E-state index contributed by atoms with van der Waals surface area (Å²) in [6, 6.07) is 6.62. The molecule has 0 aliphatic rings. The van der Waals surface area contributed by atoms with Gasteiger partial charge in [-0.1, -0.05) is 25.1 Å². The third-order valence-electron chi connectivity index (χ3n) is 2.34. The van der Waals surface area contributed by atoms with Crippen molar-refractivity contribution >= 4 is 0 Å². The monoisotopic (exact) mass is 211 g/mol. The zero-order valence-corrected chi connectivity index (χ0v) is 9.04. The molecule has 0 heterocycles. The Hall–Kier alpha value is -0.930. The summed E-state index contributed by atoms with van der Waals surface area (Å²) in [4.78, 5) is 0. The molecule has 1 unspecified atom stereocenters. The molecule has 0 aromatic heterocycles. The molecular weight excluding hydrogens is 193 g/mol. The first-order chi connectivity index (χ1) is 7.29. The van der Waals surface area contributed by atoms with Crippen molar-refractivity contribution in [1.82, 2.24) is 5.32 Å². The maximum atomic E-state index is 13.5. The van der Waals surface area contributed by atoms with Crippen LogP contribution in [0.5, 0.6) is 0 Å². The Balaban J connectivity index is 2.74. The van der Waals surface area contributed by atoms with Crippen LogP contribution in [0.1, 0.15) is 31.4 Å². The molecule has 2 nitrogen and oxygen atoms in total. The molecule has 0 radical (unpaired) electrons. The van der Waals surface area contributed by atoms with Crippen LogP contribution in [0.4, 0.5) is 4.39 Å². The third-order valence-corrected chi connectivity index (χ3v) is 2.34. The van der Waals surface area contributed by atoms with Crippen LogP contribution in [0.3, 0.4) is 0 Å². The summed E-state index contributed by atoms with van der Waals surface area (Å²) in [6.45, 7) is 2.96. The maximum absolute atomic E-state index is 13.5. The van der Waals surface area contributed by atoms with Gasteiger partial charge in [-0.3, -0.25) is 0 Å². The molecule has 0 bridgehead atoms. The van der Waals surface area contributed by atoms with Gasteiger partial charge in [0.1, 0.15) is 5.82 Å². The van der Waals surface area contributed by atoms with E-state index in [0.717, 1.165) is 13.0 Å². The van der Waals surface area contributed by atoms with E-state index in [1.54, 1.807) is 12.1 Å². The van der Waals surface area contributed by atoms with Crippen LogP contribution < -0.4 is 5.32 Å². The van der Waals surface area contributed by atoms with Crippen LogP contribution >= 0.6 is 0 Å². The predicted octanol–water partition coefficient (Wildman–Crippen LogP) is 2.25. The van der Waals surface area contributed by atoms with Gasteiger partial charge in [-0.05, 0) is 25.5 Å². The first-order valence-electron chi connectivity index (χ1n) is 5.38. The van der Waals surface area contributed by atoms with Gasteiger partial charge in [-0.25, -0.2) is 4.39 Å². The number of hydrogen-bond donors (Lipinski definition) is 2. The molecule has 1 atom stereocenters. The van der Waals surface area contributed by atoms with Gasteiger partial charge in [0, 0.05) is 18.2 Å². The van der Waals surface area contributed by atoms with Crippen LogP contribution in [0.15, 0.2) is 24.3 Å². The number of aliphatic hydroxyl groups is 1. The van der Waals surface area contributed by atoms with Crippen LogP contribution in [0, 0.1) is 5.82 Å². The van der Waals surface area contributed by atoms with Crippen molar-refractivity contribution in [2.75, 3.05) is 13.2 Å². The van der Waals surface area contributed by atoms with Crippen molar-refractivity contribution < 1.29 is 9.50 Å². The average molecular weight is 211 g/mol. The normalized spacial score (nSPS) is 12.7. The van der Waals surface area contributed by atoms with Gasteiger partial charge in [0.15, 0.2) is 0 Å². The minimum atomic E-state index is -0.209. The zero-order valence-electron chi connectivity index (χ0n) is 9.04. The summed E-state index contributed by atoms with van der Waals surface area (Å²) in [5.74, 6) is -0.209. The summed E-state index contributed by atoms with van der Waals surface area (Å²) in [6.07, 6.45) is 1.54. The fraction of sp³-hybridized carbons (Fsp3) is 0.500. The molecule has 84 valence electrons. The standard InChI is InChI=1S/C12H18FNO/c1-2-8-14-12(7-9-15)10-5-3-4-6-11(10)13/h3-6,12,14-15H,2,7-9H2,1H3. The van der Waals surface area contributed by atoms with Crippen molar-refractivity contribution in [2.45, 2.75) is 25.8 Å². The van der Waals surface area contributed by atoms with Crippen molar-refractivity contribution in [2.24, 2.45) is 0 Å². The molecule has 0 amide bonds. The summed E-state index contributed by atoms with van der Waals surface area (Å²) < 4.78 is 13.5. The van der Waals surface area contributed by atoms with E-state index in [1.165, 1.54) is 6.07 Å². The number of aliphatic hydroxyl groups excluding tert-OH is 1. The number of hydrogen-bond acceptors (Lipinski definition) is 2. The number of rotatable bonds is 6. The van der Waals surface area contributed by atoms with Gasteiger partial charge >= 0.3 is 0 Å². The molecule has 0 saturated heterocycles. The predicted molar refractivity (Wildman–Crippen MR) is 59.1 cm³/mol. The fourth-order valence-corrected chi connectivity index (χ4v) is 1.57. The zero-order chi connectivity index (χ0) is 11.1. The molecule has 3 heteroatoms. The Labute approximate surface area is 90.1 Å². The molecule has 0 fully saturated rings. The van der Waals surface area contributed by atoms with Gasteiger partial charge in [0.05, 0.1) is 0 Å². The molecular formula is C12H18FNO. The lowest BCUT2D eigenvalue weighted by Crippen LogP contribution is -2.24. The summed E-state index contributed by atoms with van der Waals surface area (Å²) in [7, 11) is 0. The Kier molecular flexibility index (Phi) is 5.29. The maximum Gasteiger partial charge on any atom is 0.127 e. The average Bonchev–Trinajstić information content (AvgIpc) is 2.25. The Bertz CT molecular complexity index is 291. The molecule has 15 heavy (non-hydrogen) atoms. The number of nitrogens with one attached hydrogen (secondary N) is 1. The largest absolute Gasteiger partial charge is 0.396 e. The fourth-order valence-electron chi connectivity index (χ4n) is 1.57. The molecule has 0 spiro atoms. The molecule has 1 aromatic carbocycles. The quantitative estimate of drug-likeness (QED) is 0.756. The molecule has 1 aromatic rings. The van der Waals surface area contributed by atoms with E-state index in [1.807, 2.05) is 6.07 Å². The second-order valence-electron chi connectivity index (χ2n) is 3.54. The molecule has 0 aliphatic carbocycles. The molecule has 1 rings (SSSR count). The molecule has 0 saturated carbocycles. The van der Waals surface area contributed by atoms with E-state index in [0.29, 0.717) is 12.0 Å². The highest BCUT2D eigenvalue weighted by Gasteiger charge is 2.13. The lowest BCUT2D eigenvalue weighted by atomic mass is 10.0. The van der Waals surface area contributed by atoms with E-state index in [9.17, 15) is 4.39 Å². The van der Waals surface area contributed by atoms with E-state index < -0.39 is 0 Å². The van der Waals surface area contributed by atoms with Crippen molar-refractivity contribution in [3.8, 4) is 0 Å². The topological polar surface area (TPSA) is 32.3 Å². The Morgan fingerprint density at radius 3 is 2.73 bits per heavy atom. The number of halogens is 1. The van der Waals surface area contributed by atoms with Crippen molar-refractivity contribution in [3.63, 3.8) is 0 Å². The minimum absolute atomic E-state index is 0.0652. The summed E-state index contributed by atoms with van der Waals surface area (Å²) in [5, 5.41) is 12.2. The SMILES string of the molecule is CCCNC(CCO)c1ccccc1F. The van der Waals surface area contributed by atoms with Crippen LogP contribution in [0.2, 0.25) is 0 Å². The van der Waals surface area contributed by atoms with Crippen molar-refractivity contribution in [3.05, 3.63) is 35.6 Å². The Morgan fingerprint density at radius 2 is 2.13 bits per heavy atom. The highest BCUT2D eigenvalue weighted by Crippen LogP contribution is 2.19. The Morgan fingerprint density at radius 1 is 1.40 bits per heavy atom. The molecule has 2 N–H and O–H groups in total. The lowest BCUT2D eigenvalue weighted by Gasteiger charge is -2.18. The highest BCUT2D eigenvalue weighted by atomic mass is 19.1. The summed E-state index contributed by atoms with van der Waals surface area (Å²) in [5.41, 5.74) is 0.639. The van der Waals surface area contributed by atoms with Gasteiger partial charge < -0.3 is 10.4 Å². The summed E-state index contributed by atoms with van der Waals surface area (Å²) >= 11 is 0. The first kappa shape index (κ1) is 12.1. The van der Waals surface area contributed by atoms with Crippen molar-refractivity contribution in [1.29, 1.82) is 0 Å². The van der Waals surface area contributed by atoms with Crippen LogP contribution in [-0.4, -0.2) is 18.3 Å². The second-order valence-corrected chi connectivity index (χ2v) is 3.54. The number of benzene rings is 1. The molecule has 0 aliphatic heterocycles. The van der Waals surface area contributed by atoms with E-state index >= 15 is 0 Å². The third kappa shape index (κ3) is 3.61. The van der Waals surface area contributed by atoms with Gasteiger partial charge in [0.2, 0.25) is 0 Å². The minimum Gasteiger partial charge on any atom is -0.396 e. The lowest BCUT2D eigenvalue weighted by molar-refractivity contribution is 0.264. The van der Waals surface area contributed by atoms with Crippen LogP contribution in [0.25, 0.3) is 0 Å². The van der Waals surface area contributed by atoms with E-state index in [4.69, 9.17) is 5.11 Å².